The van der Waals surface area contributed by atoms with Gasteiger partial charge in [-0.05, 0) is 96.9 Å². The Kier molecular flexibility index (Phi) is 17.9. The fourth-order valence-electron chi connectivity index (χ4n) is 7.25. The Bertz CT molecular complexity index is 2100. The van der Waals surface area contributed by atoms with Gasteiger partial charge in [0.25, 0.3) is 0 Å². The SMILES string of the molecule is CNCC(O)CNC(=O)[C@@H]1Cc2cc(ccc2OCc2ccccc2)-c2ccc(OCc3ccccc3)c(c2)C[C@H](NC)C(=O)N[C@@H](C[C@H](CNC)O[Si](C)(C)C(C)(C)C)C(=O)N1. The van der Waals surface area contributed by atoms with Crippen molar-refractivity contribution < 1.29 is 33.4 Å². The molecule has 13 nitrogen and oxygen atoms in total. The highest BCUT2D eigenvalue weighted by molar-refractivity contribution is 6.74. The average molecular weight is 881 g/mol. The molecule has 0 fully saturated rings. The minimum atomic E-state index is -2.35. The number of ether oxygens (including phenoxy) is 2. The fourth-order valence-corrected chi connectivity index (χ4v) is 8.61. The lowest BCUT2D eigenvalue weighted by molar-refractivity contribution is -0.133. The highest BCUT2D eigenvalue weighted by Crippen LogP contribution is 2.38. The Labute approximate surface area is 374 Å². The van der Waals surface area contributed by atoms with Gasteiger partial charge in [-0.1, -0.05) is 93.6 Å². The van der Waals surface area contributed by atoms with E-state index in [1.54, 1.807) is 14.1 Å². The van der Waals surface area contributed by atoms with Crippen molar-refractivity contribution in [3.05, 3.63) is 119 Å². The molecule has 4 aromatic rings. The summed E-state index contributed by atoms with van der Waals surface area (Å²) in [5.41, 5.74) is 5.17. The molecule has 1 aliphatic heterocycles. The lowest BCUT2D eigenvalue weighted by Gasteiger charge is -2.40. The molecule has 1 unspecified atom stereocenters. The molecule has 0 saturated carbocycles. The molecule has 7 N–H and O–H groups in total. The summed E-state index contributed by atoms with van der Waals surface area (Å²) in [6.45, 7) is 12.0. The number of aliphatic hydroxyl groups is 1. The van der Waals surface area contributed by atoms with Gasteiger partial charge >= 0.3 is 0 Å². The second-order valence-electron chi connectivity index (χ2n) is 17.8. The standard InChI is InChI=1S/C49H68N6O7Si/c1-49(2,3)63(7,8)62-40(30-51-5)27-43-48(59)54-42(46(57)53-29-39(56)28-50-4)26-38-24-36(20-22-45(38)61-32-34-17-13-10-14-18-34)35-19-21-44(60-31-33-15-11-9-12-16-33)37(23-35)25-41(52-6)47(58)55-43/h9-24,39-43,50-52,56H,25-32H2,1-8H3,(H,53,57)(H,54,59)(H,55,58)/t39?,40-,41+,42+,43+/m1/s1. The van der Waals surface area contributed by atoms with Crippen LogP contribution in [0, 0.1) is 0 Å². The Morgan fingerprint density at radius 3 is 1.79 bits per heavy atom. The third kappa shape index (κ3) is 14.2. The molecule has 63 heavy (non-hydrogen) atoms. The number of aliphatic hydroxyl groups excluding tert-OH is 1. The molecule has 1 aliphatic rings. The summed E-state index contributed by atoms with van der Waals surface area (Å²) in [6.07, 6.45) is -0.879. The van der Waals surface area contributed by atoms with Gasteiger partial charge < -0.3 is 50.9 Å². The van der Waals surface area contributed by atoms with E-state index in [0.29, 0.717) is 30.2 Å². The molecule has 4 bridgehead atoms. The molecule has 0 saturated heterocycles. The summed E-state index contributed by atoms with van der Waals surface area (Å²) in [7, 11) is 2.91. The first-order valence-electron chi connectivity index (χ1n) is 21.9. The van der Waals surface area contributed by atoms with Crippen LogP contribution in [0.4, 0.5) is 0 Å². The zero-order valence-electron chi connectivity index (χ0n) is 38.2. The Balaban J connectivity index is 1.62. The molecule has 4 aromatic carbocycles. The third-order valence-electron chi connectivity index (χ3n) is 11.9. The monoisotopic (exact) mass is 880 g/mol. The van der Waals surface area contributed by atoms with Crippen molar-refractivity contribution in [1.82, 2.24) is 31.9 Å². The van der Waals surface area contributed by atoms with Gasteiger partial charge in [-0.3, -0.25) is 14.4 Å². The van der Waals surface area contributed by atoms with Crippen molar-refractivity contribution in [3.63, 3.8) is 0 Å². The molecule has 0 aromatic heterocycles. The maximum Gasteiger partial charge on any atom is 0.243 e. The van der Waals surface area contributed by atoms with Crippen molar-refractivity contribution in [2.75, 3.05) is 40.8 Å². The van der Waals surface area contributed by atoms with E-state index in [-0.39, 0.29) is 44.0 Å². The normalized spacial score (nSPS) is 18.2. The summed E-state index contributed by atoms with van der Waals surface area (Å²) < 4.78 is 19.7. The topological polar surface area (TPSA) is 171 Å². The maximum absolute atomic E-state index is 14.8. The van der Waals surface area contributed by atoms with Gasteiger partial charge in [-0.2, -0.15) is 0 Å². The van der Waals surface area contributed by atoms with Gasteiger partial charge in [0.15, 0.2) is 8.32 Å². The van der Waals surface area contributed by atoms with Crippen LogP contribution < -0.4 is 41.4 Å². The van der Waals surface area contributed by atoms with Crippen LogP contribution >= 0.6 is 0 Å². The zero-order chi connectivity index (χ0) is 45.6. The second kappa shape index (κ2) is 23.0. The number of rotatable bonds is 18. The molecule has 5 atom stereocenters. The van der Waals surface area contributed by atoms with E-state index in [2.05, 4.69) is 65.8 Å². The predicted molar refractivity (Wildman–Crippen MR) is 251 cm³/mol. The Morgan fingerprint density at radius 2 is 1.29 bits per heavy atom. The smallest absolute Gasteiger partial charge is 0.243 e. The molecule has 3 amide bonds. The molecule has 14 heteroatoms. The Hall–Kier alpha value is -5.09. The van der Waals surface area contributed by atoms with Gasteiger partial charge in [0, 0.05) is 38.9 Å². The lowest BCUT2D eigenvalue weighted by Crippen LogP contribution is -2.58. The van der Waals surface area contributed by atoms with Crippen molar-refractivity contribution in [2.45, 2.75) is 102 Å². The minimum absolute atomic E-state index is 0.0421. The van der Waals surface area contributed by atoms with Crippen molar-refractivity contribution in [2.24, 2.45) is 0 Å². The van der Waals surface area contributed by atoms with Crippen molar-refractivity contribution in [1.29, 1.82) is 0 Å². The van der Waals surface area contributed by atoms with E-state index in [1.165, 1.54) is 0 Å². The number of benzene rings is 4. The largest absolute Gasteiger partial charge is 0.489 e. The van der Waals surface area contributed by atoms with E-state index in [9.17, 15) is 19.5 Å². The van der Waals surface area contributed by atoms with Crippen molar-refractivity contribution >= 4 is 26.0 Å². The first-order valence-corrected chi connectivity index (χ1v) is 24.8. The quantitative estimate of drug-likeness (QED) is 0.0686. The van der Waals surface area contributed by atoms with Gasteiger partial charge in [-0.15, -0.1) is 0 Å². The van der Waals surface area contributed by atoms with E-state index >= 15 is 0 Å². The number of hydrogen-bond acceptors (Lipinski definition) is 10. The van der Waals surface area contributed by atoms with E-state index in [4.69, 9.17) is 13.9 Å². The van der Waals surface area contributed by atoms with Crippen LogP contribution in [0.15, 0.2) is 97.1 Å². The fraction of sp³-hybridized carbons (Fsp3) is 0.449. The molecule has 340 valence electrons. The number of carbonyl (C=O) groups is 3. The van der Waals surface area contributed by atoms with E-state index in [1.807, 2.05) is 104 Å². The lowest BCUT2D eigenvalue weighted by atomic mass is 9.95. The molecule has 0 radical (unpaired) electrons. The predicted octanol–water partition coefficient (Wildman–Crippen LogP) is 4.86. The average Bonchev–Trinajstić information content (AvgIpc) is 3.26. The summed E-state index contributed by atoms with van der Waals surface area (Å²) in [5, 5.41) is 28.7. The Morgan fingerprint density at radius 1 is 0.746 bits per heavy atom. The van der Waals surface area contributed by atoms with Crippen LogP contribution in [0.5, 0.6) is 11.5 Å². The first kappa shape index (κ1) is 48.9. The number of carbonyl (C=O) groups excluding carboxylic acids is 3. The minimum Gasteiger partial charge on any atom is -0.489 e. The molecular formula is C49H68N6O7Si. The summed E-state index contributed by atoms with van der Waals surface area (Å²) in [4.78, 5) is 43.5. The van der Waals surface area contributed by atoms with Gasteiger partial charge in [0.05, 0.1) is 18.2 Å². The first-order chi connectivity index (χ1) is 30.1. The van der Waals surface area contributed by atoms with Gasteiger partial charge in [0.2, 0.25) is 17.7 Å². The highest BCUT2D eigenvalue weighted by atomic mass is 28.4. The number of likely N-dealkylation sites (N-methyl/N-ethyl adjacent to an activating group) is 3. The summed E-state index contributed by atoms with van der Waals surface area (Å²) in [6, 6.07) is 28.5. The molecular weight excluding hydrogens is 813 g/mol. The summed E-state index contributed by atoms with van der Waals surface area (Å²) in [5.74, 6) is -0.248. The van der Waals surface area contributed by atoms with Crippen LogP contribution in [0.1, 0.15) is 49.4 Å². The molecule has 0 spiro atoms. The molecule has 5 rings (SSSR count). The number of amides is 3. The summed E-state index contributed by atoms with van der Waals surface area (Å²) >= 11 is 0. The van der Waals surface area contributed by atoms with E-state index in [0.717, 1.165) is 27.8 Å². The van der Waals surface area contributed by atoms with Crippen LogP contribution in [-0.2, 0) is 44.9 Å². The van der Waals surface area contributed by atoms with Crippen LogP contribution in [0.25, 0.3) is 11.1 Å². The van der Waals surface area contributed by atoms with E-state index < -0.39 is 56.4 Å². The van der Waals surface area contributed by atoms with Crippen molar-refractivity contribution in [3.8, 4) is 22.6 Å². The van der Waals surface area contributed by atoms with Gasteiger partial charge in [-0.25, -0.2) is 0 Å². The van der Waals surface area contributed by atoms with Crippen LogP contribution in [0.2, 0.25) is 18.1 Å². The number of fused-ring (bicyclic) bond motifs is 5. The van der Waals surface area contributed by atoms with Crippen LogP contribution in [0.3, 0.4) is 0 Å². The zero-order valence-corrected chi connectivity index (χ0v) is 39.2. The van der Waals surface area contributed by atoms with Gasteiger partial charge in [0.1, 0.15) is 36.8 Å². The second-order valence-corrected chi connectivity index (χ2v) is 22.6. The molecule has 0 aliphatic carbocycles. The number of nitrogens with one attached hydrogen (secondary N) is 6. The highest BCUT2D eigenvalue weighted by Gasteiger charge is 2.41. The molecule has 1 heterocycles. The maximum atomic E-state index is 14.8. The third-order valence-corrected chi connectivity index (χ3v) is 16.4. The number of hydrogen-bond donors (Lipinski definition) is 7. The van der Waals surface area contributed by atoms with Crippen LogP contribution in [-0.4, -0.2) is 102 Å².